The Kier molecular flexibility index (Phi) is 3.33. The van der Waals surface area contributed by atoms with Crippen LogP contribution in [0.25, 0.3) is 0 Å². The van der Waals surface area contributed by atoms with Crippen LogP contribution in [0.5, 0.6) is 0 Å². The maximum absolute atomic E-state index is 12.3. The number of hydrogen-bond acceptors (Lipinski definition) is 2. The second-order valence-corrected chi connectivity index (χ2v) is 5.00. The first-order chi connectivity index (χ1) is 9.75. The standard InChI is InChI=1S/C17H16N2O/c1-13-12-16(14-8-4-2-5-9-14)18-19(17(13)20)15-10-6-3-7-11-15/h2-11,13H,12H2,1H3/t13-/m0/s1. The van der Waals surface area contributed by atoms with E-state index in [4.69, 9.17) is 0 Å². The van der Waals surface area contributed by atoms with Crippen molar-refractivity contribution >= 4 is 17.3 Å². The first-order valence-corrected chi connectivity index (χ1v) is 6.77. The molecule has 0 N–H and O–H groups in total. The lowest BCUT2D eigenvalue weighted by molar-refractivity contribution is -0.122. The zero-order chi connectivity index (χ0) is 13.9. The molecule has 3 nitrogen and oxygen atoms in total. The molecule has 0 radical (unpaired) electrons. The molecule has 0 bridgehead atoms. The van der Waals surface area contributed by atoms with Crippen molar-refractivity contribution in [2.45, 2.75) is 13.3 Å². The average molecular weight is 264 g/mol. The molecule has 0 fully saturated rings. The molecule has 0 saturated heterocycles. The minimum Gasteiger partial charge on any atom is -0.272 e. The fourth-order valence-electron chi connectivity index (χ4n) is 2.36. The van der Waals surface area contributed by atoms with E-state index in [0.717, 1.165) is 17.0 Å². The predicted octanol–water partition coefficient (Wildman–Crippen LogP) is 3.46. The molecular formula is C17H16N2O. The predicted molar refractivity (Wildman–Crippen MR) is 80.7 cm³/mol. The number of amides is 1. The second-order valence-electron chi connectivity index (χ2n) is 5.00. The maximum atomic E-state index is 12.3. The van der Waals surface area contributed by atoms with Crippen LogP contribution in [0.2, 0.25) is 0 Å². The first kappa shape index (κ1) is 12.6. The van der Waals surface area contributed by atoms with Gasteiger partial charge in [0.2, 0.25) is 0 Å². The van der Waals surface area contributed by atoms with Gasteiger partial charge in [0, 0.05) is 12.3 Å². The molecule has 1 atom stereocenters. The first-order valence-electron chi connectivity index (χ1n) is 6.77. The molecule has 1 aliphatic heterocycles. The van der Waals surface area contributed by atoms with Gasteiger partial charge in [0.15, 0.2) is 0 Å². The summed E-state index contributed by atoms with van der Waals surface area (Å²) in [5.74, 6) is -0.00112. The van der Waals surface area contributed by atoms with E-state index in [1.54, 1.807) is 0 Å². The molecule has 0 spiro atoms. The van der Waals surface area contributed by atoms with E-state index in [9.17, 15) is 4.79 Å². The third-order valence-electron chi connectivity index (χ3n) is 3.46. The van der Waals surface area contributed by atoms with Crippen molar-refractivity contribution in [2.24, 2.45) is 11.0 Å². The highest BCUT2D eigenvalue weighted by atomic mass is 16.2. The minimum atomic E-state index is -0.0529. The Bertz CT molecular complexity index is 635. The van der Waals surface area contributed by atoms with E-state index >= 15 is 0 Å². The topological polar surface area (TPSA) is 32.7 Å². The number of hydrazone groups is 1. The van der Waals surface area contributed by atoms with Crippen LogP contribution >= 0.6 is 0 Å². The van der Waals surface area contributed by atoms with E-state index in [1.807, 2.05) is 67.6 Å². The van der Waals surface area contributed by atoms with Crippen LogP contribution in [-0.2, 0) is 4.79 Å². The number of para-hydroxylation sites is 1. The molecule has 3 rings (SSSR count). The van der Waals surface area contributed by atoms with Crippen LogP contribution in [0.4, 0.5) is 5.69 Å². The van der Waals surface area contributed by atoms with Crippen molar-refractivity contribution in [1.29, 1.82) is 0 Å². The average Bonchev–Trinajstić information content (AvgIpc) is 2.51. The molecule has 1 aliphatic rings. The van der Waals surface area contributed by atoms with E-state index in [-0.39, 0.29) is 11.8 Å². The van der Waals surface area contributed by atoms with Crippen molar-refractivity contribution < 1.29 is 4.79 Å². The lowest BCUT2D eigenvalue weighted by Crippen LogP contribution is -2.37. The highest BCUT2D eigenvalue weighted by molar-refractivity contribution is 6.09. The largest absolute Gasteiger partial charge is 0.272 e. The SMILES string of the molecule is C[C@H]1CC(c2ccccc2)=NN(c2ccccc2)C1=O. The molecule has 3 heteroatoms. The molecule has 0 aliphatic carbocycles. The van der Waals surface area contributed by atoms with Crippen molar-refractivity contribution in [3.63, 3.8) is 0 Å². The van der Waals surface area contributed by atoms with Crippen LogP contribution in [-0.4, -0.2) is 11.6 Å². The second kappa shape index (κ2) is 5.29. The minimum absolute atomic E-state index is 0.0517. The van der Waals surface area contributed by atoms with Gasteiger partial charge in [-0.15, -0.1) is 0 Å². The lowest BCUT2D eigenvalue weighted by atomic mass is 9.96. The number of hydrogen-bond donors (Lipinski definition) is 0. The normalized spacial score (nSPS) is 18.9. The molecule has 1 heterocycles. The van der Waals surface area contributed by atoms with Gasteiger partial charge in [-0.25, -0.2) is 5.01 Å². The van der Waals surface area contributed by atoms with Gasteiger partial charge in [-0.3, -0.25) is 4.79 Å². The number of anilines is 1. The van der Waals surface area contributed by atoms with Crippen LogP contribution in [0, 0.1) is 5.92 Å². The molecule has 2 aromatic rings. The van der Waals surface area contributed by atoms with Crippen molar-refractivity contribution in [3.05, 3.63) is 66.2 Å². The number of carbonyl (C=O) groups excluding carboxylic acids is 1. The highest BCUT2D eigenvalue weighted by Gasteiger charge is 2.28. The Morgan fingerprint density at radius 1 is 1.00 bits per heavy atom. The molecule has 100 valence electrons. The van der Waals surface area contributed by atoms with Crippen LogP contribution in [0.3, 0.4) is 0 Å². The van der Waals surface area contributed by atoms with E-state index < -0.39 is 0 Å². The quantitative estimate of drug-likeness (QED) is 0.817. The summed E-state index contributed by atoms with van der Waals surface area (Å²) in [6.45, 7) is 1.95. The summed E-state index contributed by atoms with van der Waals surface area (Å²) < 4.78 is 0. The van der Waals surface area contributed by atoms with Crippen molar-refractivity contribution in [1.82, 2.24) is 0 Å². The van der Waals surface area contributed by atoms with E-state index in [0.29, 0.717) is 6.42 Å². The maximum Gasteiger partial charge on any atom is 0.250 e. The highest BCUT2D eigenvalue weighted by Crippen LogP contribution is 2.25. The Hall–Kier alpha value is -2.42. The molecule has 0 aromatic heterocycles. The summed E-state index contributed by atoms with van der Waals surface area (Å²) in [5.41, 5.74) is 2.85. The number of benzene rings is 2. The summed E-state index contributed by atoms with van der Waals surface area (Å²) in [6.07, 6.45) is 0.687. The third kappa shape index (κ3) is 2.35. The fourth-order valence-corrected chi connectivity index (χ4v) is 2.36. The van der Waals surface area contributed by atoms with Crippen molar-refractivity contribution in [3.8, 4) is 0 Å². The van der Waals surface area contributed by atoms with Crippen molar-refractivity contribution in [2.75, 3.05) is 5.01 Å². The van der Waals surface area contributed by atoms with Crippen LogP contribution < -0.4 is 5.01 Å². The monoisotopic (exact) mass is 264 g/mol. The summed E-state index contributed by atoms with van der Waals surface area (Å²) in [4.78, 5) is 12.3. The molecule has 2 aromatic carbocycles. The van der Waals surface area contributed by atoms with Gasteiger partial charge < -0.3 is 0 Å². The van der Waals surface area contributed by atoms with E-state index in [2.05, 4.69) is 5.10 Å². The summed E-state index contributed by atoms with van der Waals surface area (Å²) >= 11 is 0. The Morgan fingerprint density at radius 2 is 1.60 bits per heavy atom. The van der Waals surface area contributed by atoms with Gasteiger partial charge in [-0.1, -0.05) is 55.5 Å². The zero-order valence-corrected chi connectivity index (χ0v) is 11.4. The van der Waals surface area contributed by atoms with Gasteiger partial charge in [0.05, 0.1) is 11.4 Å². The van der Waals surface area contributed by atoms with Crippen LogP contribution in [0.1, 0.15) is 18.9 Å². The third-order valence-corrected chi connectivity index (χ3v) is 3.46. The molecule has 20 heavy (non-hydrogen) atoms. The summed E-state index contributed by atoms with van der Waals surface area (Å²) in [7, 11) is 0. The smallest absolute Gasteiger partial charge is 0.250 e. The molecule has 0 unspecified atom stereocenters. The molecular weight excluding hydrogens is 248 g/mol. The van der Waals surface area contributed by atoms with Gasteiger partial charge in [-0.2, -0.15) is 5.10 Å². The Labute approximate surface area is 118 Å². The molecule has 1 amide bonds. The van der Waals surface area contributed by atoms with Gasteiger partial charge >= 0.3 is 0 Å². The number of carbonyl (C=O) groups is 1. The summed E-state index contributed by atoms with van der Waals surface area (Å²) in [5, 5.41) is 6.08. The van der Waals surface area contributed by atoms with Gasteiger partial charge in [0.25, 0.3) is 5.91 Å². The Balaban J connectivity index is 2.02. The van der Waals surface area contributed by atoms with E-state index in [1.165, 1.54) is 5.01 Å². The van der Waals surface area contributed by atoms with Crippen LogP contribution in [0.15, 0.2) is 65.8 Å². The summed E-state index contributed by atoms with van der Waals surface area (Å²) in [6, 6.07) is 19.6. The fraction of sp³-hybridized carbons (Fsp3) is 0.176. The number of rotatable bonds is 2. The molecule has 0 saturated carbocycles. The van der Waals surface area contributed by atoms with Gasteiger partial charge in [-0.05, 0) is 17.7 Å². The lowest BCUT2D eigenvalue weighted by Gasteiger charge is -2.27. The van der Waals surface area contributed by atoms with Gasteiger partial charge in [0.1, 0.15) is 0 Å². The number of nitrogens with zero attached hydrogens (tertiary/aromatic N) is 2. The Morgan fingerprint density at radius 3 is 2.25 bits per heavy atom. The zero-order valence-electron chi connectivity index (χ0n) is 11.4.